The highest BCUT2D eigenvalue weighted by Crippen LogP contribution is 2.21. The lowest BCUT2D eigenvalue weighted by molar-refractivity contribution is -0.131. The predicted molar refractivity (Wildman–Crippen MR) is 111 cm³/mol. The second kappa shape index (κ2) is 13.0. The monoisotopic (exact) mass is 426 g/mol. The van der Waals surface area contributed by atoms with Gasteiger partial charge in [0.1, 0.15) is 5.75 Å². The lowest BCUT2D eigenvalue weighted by atomic mass is 10.3. The van der Waals surface area contributed by atoms with Gasteiger partial charge in [-0.15, -0.1) is 0 Å². The van der Waals surface area contributed by atoms with Gasteiger partial charge in [-0.1, -0.05) is 55.1 Å². The maximum atomic E-state index is 9.25. The molecule has 0 saturated heterocycles. The molecular formula is C21H19BrN2O3. The Kier molecular flexibility index (Phi) is 10.5. The van der Waals surface area contributed by atoms with E-state index in [4.69, 9.17) is 10.2 Å². The van der Waals surface area contributed by atoms with E-state index in [2.05, 4.69) is 32.7 Å². The summed E-state index contributed by atoms with van der Waals surface area (Å²) >= 11 is 3.15. The Bertz CT molecular complexity index is 791. The summed E-state index contributed by atoms with van der Waals surface area (Å²) in [5.74, 6) is -0.697. The molecule has 3 aromatic rings. The van der Waals surface area contributed by atoms with Crippen molar-refractivity contribution in [1.29, 1.82) is 0 Å². The number of aliphatic carboxylic acids is 1. The normalized spacial score (nSPS) is 9.37. The first-order valence-corrected chi connectivity index (χ1v) is 8.63. The molecule has 0 fully saturated rings. The maximum absolute atomic E-state index is 9.25. The summed E-state index contributed by atoms with van der Waals surface area (Å²) in [7, 11) is 0. The number of nitrogens with zero attached hydrogens (tertiary/aromatic N) is 2. The summed E-state index contributed by atoms with van der Waals surface area (Å²) in [6.45, 7) is 2.96. The van der Waals surface area contributed by atoms with Crippen molar-refractivity contribution in [1.82, 2.24) is 0 Å². The van der Waals surface area contributed by atoms with E-state index >= 15 is 0 Å². The second-order valence-electron chi connectivity index (χ2n) is 4.86. The Hall–Kier alpha value is -3.25. The number of para-hydroxylation sites is 1. The van der Waals surface area contributed by atoms with E-state index in [1.807, 2.05) is 66.7 Å². The third-order valence-corrected chi connectivity index (χ3v) is 3.49. The molecule has 3 rings (SSSR count). The first-order valence-electron chi connectivity index (χ1n) is 7.83. The number of aromatic hydroxyl groups is 1. The molecule has 3 aromatic carbocycles. The minimum Gasteiger partial charge on any atom is -0.507 e. The molecule has 0 aliphatic carbocycles. The zero-order valence-electron chi connectivity index (χ0n) is 14.4. The number of azo groups is 1. The van der Waals surface area contributed by atoms with E-state index in [1.54, 1.807) is 18.2 Å². The first kappa shape index (κ1) is 21.8. The van der Waals surface area contributed by atoms with Gasteiger partial charge in [-0.05, 0) is 52.3 Å². The molecule has 0 amide bonds. The molecule has 5 nitrogen and oxygen atoms in total. The zero-order valence-corrected chi connectivity index (χ0v) is 16.0. The van der Waals surface area contributed by atoms with Gasteiger partial charge in [0.15, 0.2) is 0 Å². The zero-order chi connectivity index (χ0) is 19.9. The molecule has 0 atom stereocenters. The van der Waals surface area contributed by atoms with Gasteiger partial charge in [-0.25, -0.2) is 4.79 Å². The van der Waals surface area contributed by atoms with E-state index in [0.717, 1.165) is 21.9 Å². The number of phenols is 1. The van der Waals surface area contributed by atoms with Gasteiger partial charge in [0, 0.05) is 6.08 Å². The molecule has 6 heteroatoms. The average Bonchev–Trinajstić information content (AvgIpc) is 2.71. The van der Waals surface area contributed by atoms with Crippen LogP contribution in [0.15, 0.2) is 112 Å². The molecule has 0 saturated carbocycles. The van der Waals surface area contributed by atoms with Crippen LogP contribution in [0.25, 0.3) is 0 Å². The van der Waals surface area contributed by atoms with E-state index in [-0.39, 0.29) is 5.75 Å². The number of rotatable bonds is 3. The smallest absolute Gasteiger partial charge is 0.327 e. The highest BCUT2D eigenvalue weighted by atomic mass is 79.9. The van der Waals surface area contributed by atoms with Crippen molar-refractivity contribution in [3.05, 3.63) is 102 Å². The summed E-state index contributed by atoms with van der Waals surface area (Å²) in [4.78, 5) is 9.25. The molecule has 0 heterocycles. The number of carboxylic acids is 1. The molecule has 138 valence electrons. The Morgan fingerprint density at radius 3 is 1.48 bits per heavy atom. The Morgan fingerprint density at radius 2 is 1.19 bits per heavy atom. The molecule has 0 spiro atoms. The van der Waals surface area contributed by atoms with Crippen LogP contribution in [0.3, 0.4) is 0 Å². The summed E-state index contributed by atoms with van der Waals surface area (Å²) < 4.78 is 0.736. The van der Waals surface area contributed by atoms with Crippen molar-refractivity contribution >= 4 is 33.3 Å². The van der Waals surface area contributed by atoms with Gasteiger partial charge in [0.2, 0.25) is 0 Å². The molecule has 0 bridgehead atoms. The molecule has 0 aliphatic heterocycles. The number of halogens is 1. The van der Waals surface area contributed by atoms with Crippen LogP contribution < -0.4 is 0 Å². The molecule has 2 N–H and O–H groups in total. The van der Waals surface area contributed by atoms with Gasteiger partial charge in [-0.3, -0.25) is 0 Å². The fourth-order valence-electron chi connectivity index (χ4n) is 1.56. The summed E-state index contributed by atoms with van der Waals surface area (Å²) in [6.07, 6.45) is 0.833. The minimum atomic E-state index is -0.981. The molecule has 0 aromatic heterocycles. The lowest BCUT2D eigenvalue weighted by Gasteiger charge is -1.91. The van der Waals surface area contributed by atoms with Gasteiger partial charge in [0.05, 0.1) is 15.8 Å². The van der Waals surface area contributed by atoms with Gasteiger partial charge >= 0.3 is 5.97 Å². The van der Waals surface area contributed by atoms with Crippen molar-refractivity contribution in [2.24, 2.45) is 10.2 Å². The van der Waals surface area contributed by atoms with E-state index in [9.17, 15) is 4.79 Å². The van der Waals surface area contributed by atoms with Crippen LogP contribution in [0.5, 0.6) is 5.75 Å². The number of carbonyl (C=O) groups is 1. The fourth-order valence-corrected chi connectivity index (χ4v) is 1.84. The third-order valence-electron chi connectivity index (χ3n) is 2.82. The second-order valence-corrected chi connectivity index (χ2v) is 5.72. The third kappa shape index (κ3) is 10.4. The van der Waals surface area contributed by atoms with Crippen molar-refractivity contribution < 1.29 is 15.0 Å². The molecule has 27 heavy (non-hydrogen) atoms. The first-order chi connectivity index (χ1) is 13.0. The largest absolute Gasteiger partial charge is 0.507 e. The van der Waals surface area contributed by atoms with E-state index < -0.39 is 5.97 Å². The fraction of sp³-hybridized carbons (Fsp3) is 0. The van der Waals surface area contributed by atoms with Crippen molar-refractivity contribution in [3.8, 4) is 5.75 Å². The highest BCUT2D eigenvalue weighted by Gasteiger charge is 1.89. The van der Waals surface area contributed by atoms with Crippen molar-refractivity contribution in [2.45, 2.75) is 0 Å². The Morgan fingerprint density at radius 1 is 0.815 bits per heavy atom. The predicted octanol–water partition coefficient (Wildman–Crippen LogP) is 6.51. The van der Waals surface area contributed by atoms with Crippen LogP contribution in [-0.4, -0.2) is 16.2 Å². The molecule has 0 aliphatic rings. The van der Waals surface area contributed by atoms with Gasteiger partial charge < -0.3 is 10.2 Å². The number of hydrogen-bond acceptors (Lipinski definition) is 4. The minimum absolute atomic E-state index is 0.285. The van der Waals surface area contributed by atoms with Crippen LogP contribution in [0.1, 0.15) is 0 Å². The standard InChI is InChI=1S/C12H10N2.C6H5BrO.C3H4O2/c1-3-7-11(8-4-1)13-14-12-9-5-2-6-10-12;7-5-3-1-2-4-6(5)8;1-2-3(4)5/h1-10H;1-4,8H;2H,1H2,(H,4,5). The van der Waals surface area contributed by atoms with Crippen LogP contribution >= 0.6 is 15.9 Å². The van der Waals surface area contributed by atoms with Crippen molar-refractivity contribution in [3.63, 3.8) is 0 Å². The Labute approximate surface area is 166 Å². The number of carboxylic acid groups (broad SMARTS) is 1. The van der Waals surface area contributed by atoms with Crippen LogP contribution in [-0.2, 0) is 4.79 Å². The maximum Gasteiger partial charge on any atom is 0.327 e. The topological polar surface area (TPSA) is 82.2 Å². The molecular weight excluding hydrogens is 408 g/mol. The number of hydrogen-bond donors (Lipinski definition) is 2. The van der Waals surface area contributed by atoms with Crippen LogP contribution in [0, 0.1) is 0 Å². The quantitative estimate of drug-likeness (QED) is 0.369. The Balaban J connectivity index is 0.000000237. The summed E-state index contributed by atoms with van der Waals surface area (Å²) in [6, 6.07) is 26.4. The average molecular weight is 427 g/mol. The van der Waals surface area contributed by atoms with Crippen LogP contribution in [0.2, 0.25) is 0 Å². The number of benzene rings is 3. The molecule has 0 radical (unpaired) electrons. The van der Waals surface area contributed by atoms with E-state index in [0.29, 0.717) is 0 Å². The van der Waals surface area contributed by atoms with Crippen molar-refractivity contribution in [2.75, 3.05) is 0 Å². The van der Waals surface area contributed by atoms with Crippen LogP contribution in [0.4, 0.5) is 11.4 Å². The SMILES string of the molecule is C=CC(=O)O.Oc1ccccc1Br.c1ccc(N=Nc2ccccc2)cc1. The molecule has 0 unspecified atom stereocenters. The van der Waals surface area contributed by atoms with Gasteiger partial charge in [0.25, 0.3) is 0 Å². The summed E-state index contributed by atoms with van der Waals surface area (Å²) in [5, 5.41) is 24.7. The van der Waals surface area contributed by atoms with E-state index in [1.165, 1.54) is 0 Å². The van der Waals surface area contributed by atoms with Gasteiger partial charge in [-0.2, -0.15) is 10.2 Å². The highest BCUT2D eigenvalue weighted by molar-refractivity contribution is 9.10. The number of phenolic OH excluding ortho intramolecular Hbond substituents is 1. The lowest BCUT2D eigenvalue weighted by Crippen LogP contribution is -1.82. The summed E-state index contributed by atoms with van der Waals surface area (Å²) in [5.41, 5.74) is 1.74.